The van der Waals surface area contributed by atoms with Gasteiger partial charge in [-0.1, -0.05) is 6.07 Å². The quantitative estimate of drug-likeness (QED) is 0.394. The first-order valence-electron chi connectivity index (χ1n) is 11.0. The Kier molecular flexibility index (Phi) is 8.60. The molecule has 0 aliphatic carbocycles. The van der Waals surface area contributed by atoms with E-state index in [-0.39, 0.29) is 6.42 Å². The number of allylic oxidation sites excluding steroid dienone is 1. The summed E-state index contributed by atoms with van der Waals surface area (Å²) in [5.41, 5.74) is 3.52. The van der Waals surface area contributed by atoms with Gasteiger partial charge in [0.15, 0.2) is 0 Å². The Hall–Kier alpha value is -3.42. The van der Waals surface area contributed by atoms with Gasteiger partial charge in [-0.2, -0.15) is 0 Å². The van der Waals surface area contributed by atoms with Gasteiger partial charge in [0, 0.05) is 24.1 Å². The number of carboxylic acids is 1. The molecule has 1 unspecified atom stereocenters. The number of carbonyl (C=O) groups is 1. The fourth-order valence-corrected chi connectivity index (χ4v) is 3.66. The van der Waals surface area contributed by atoms with Crippen molar-refractivity contribution in [2.24, 2.45) is 0 Å². The number of hydrogen-bond donors (Lipinski definition) is 4. The first-order chi connectivity index (χ1) is 15.5. The lowest BCUT2D eigenvalue weighted by Crippen LogP contribution is -2.19. The van der Waals surface area contributed by atoms with Gasteiger partial charge >= 0.3 is 5.97 Å². The summed E-state index contributed by atoms with van der Waals surface area (Å²) < 4.78 is 5.17. The monoisotopic (exact) mass is 437 g/mol. The summed E-state index contributed by atoms with van der Waals surface area (Å²) in [5.74, 6) is 0.658. The van der Waals surface area contributed by atoms with E-state index in [9.17, 15) is 9.90 Å². The number of methoxy groups -OCH3 is 1. The van der Waals surface area contributed by atoms with Crippen LogP contribution in [0.1, 0.15) is 55.0 Å². The Labute approximate surface area is 188 Å². The van der Waals surface area contributed by atoms with Crippen molar-refractivity contribution in [3.8, 4) is 5.75 Å². The fourth-order valence-electron chi connectivity index (χ4n) is 3.66. The highest BCUT2D eigenvalue weighted by Gasteiger charge is 2.15. The summed E-state index contributed by atoms with van der Waals surface area (Å²) in [4.78, 5) is 20.1. The van der Waals surface area contributed by atoms with E-state index in [1.807, 2.05) is 0 Å². The van der Waals surface area contributed by atoms with Gasteiger partial charge in [0.2, 0.25) is 0 Å². The van der Waals surface area contributed by atoms with E-state index < -0.39 is 12.0 Å². The summed E-state index contributed by atoms with van der Waals surface area (Å²) in [6.07, 6.45) is 12.1. The minimum Gasteiger partial charge on any atom is -0.495 e. The van der Waals surface area contributed by atoms with Crippen LogP contribution < -0.4 is 15.4 Å². The Morgan fingerprint density at radius 2 is 2.25 bits per heavy atom. The van der Waals surface area contributed by atoms with E-state index in [0.717, 1.165) is 37.3 Å². The maximum absolute atomic E-state index is 11.3. The number of rotatable bonds is 11. The number of aromatic nitrogens is 2. The highest BCUT2D eigenvalue weighted by atomic mass is 16.5. The summed E-state index contributed by atoms with van der Waals surface area (Å²) >= 11 is 0. The molecule has 0 bridgehead atoms. The van der Waals surface area contributed by atoms with E-state index in [2.05, 4.69) is 27.8 Å². The van der Waals surface area contributed by atoms with Gasteiger partial charge in [-0.15, -0.1) is 0 Å². The first-order valence-corrected chi connectivity index (χ1v) is 11.0. The van der Waals surface area contributed by atoms with Crippen LogP contribution in [0.5, 0.6) is 5.75 Å². The number of carboxylic acid groups (broad SMARTS) is 1. The lowest BCUT2D eigenvalue weighted by Gasteiger charge is -2.16. The smallest absolute Gasteiger partial charge is 0.305 e. The van der Waals surface area contributed by atoms with Gasteiger partial charge in [-0.3, -0.25) is 9.78 Å². The molecule has 2 aromatic heterocycles. The predicted molar refractivity (Wildman–Crippen MR) is 124 cm³/mol. The van der Waals surface area contributed by atoms with Crippen LogP contribution in [0.3, 0.4) is 0 Å². The second-order valence-corrected chi connectivity index (χ2v) is 7.88. The second-order valence-electron chi connectivity index (χ2n) is 7.88. The molecular weight excluding hydrogens is 406 g/mol. The molecule has 1 aliphatic heterocycles. The van der Waals surface area contributed by atoms with Gasteiger partial charge in [0.1, 0.15) is 11.6 Å². The molecule has 3 rings (SSSR count). The molecule has 0 fully saturated rings. The van der Waals surface area contributed by atoms with Crippen LogP contribution >= 0.6 is 0 Å². The number of ether oxygens (including phenoxy) is 1. The fraction of sp³-hybridized carbons (Fsp3) is 0.417. The molecule has 8 heteroatoms. The normalized spacial score (nSPS) is 14.2. The Morgan fingerprint density at radius 1 is 1.38 bits per heavy atom. The molecule has 0 saturated heterocycles. The summed E-state index contributed by atoms with van der Waals surface area (Å²) in [6, 6.07) is 5.55. The average Bonchev–Trinajstić information content (AvgIpc) is 3.03. The second kappa shape index (κ2) is 11.8. The van der Waals surface area contributed by atoms with Crippen molar-refractivity contribution >= 4 is 17.5 Å². The van der Waals surface area contributed by atoms with Crippen LogP contribution in [0.2, 0.25) is 0 Å². The van der Waals surface area contributed by atoms with Crippen molar-refractivity contribution in [1.82, 2.24) is 15.3 Å². The number of pyridine rings is 2. The average molecular weight is 438 g/mol. The van der Waals surface area contributed by atoms with Gasteiger partial charge in [-0.25, -0.2) is 4.98 Å². The molecule has 0 radical (unpaired) electrons. The standard InChI is InChI=1S/C24H31N5O3/c1-32-21-13-18(15-26-16-21)22(14-23(30)31)27-12-10-19(25)6-4-7-20-9-8-17-5-2-3-11-28-24(17)29-20/h8-10,12-13,15-16,22,25,27H,2-7,11,14H2,1H3,(H,28,29)(H,30,31)/b12-10-,25-19?. The third-order valence-corrected chi connectivity index (χ3v) is 5.41. The molecule has 32 heavy (non-hydrogen) atoms. The molecule has 4 N–H and O–H groups in total. The van der Waals surface area contributed by atoms with Gasteiger partial charge in [0.05, 0.1) is 25.8 Å². The number of fused-ring (bicyclic) bond motifs is 1. The lowest BCUT2D eigenvalue weighted by molar-refractivity contribution is -0.137. The van der Waals surface area contributed by atoms with Crippen molar-refractivity contribution in [2.75, 3.05) is 19.0 Å². The molecule has 0 spiro atoms. The van der Waals surface area contributed by atoms with E-state index in [1.54, 1.807) is 37.8 Å². The van der Waals surface area contributed by atoms with Crippen LogP contribution in [0.15, 0.2) is 42.9 Å². The van der Waals surface area contributed by atoms with Crippen molar-refractivity contribution in [1.29, 1.82) is 5.41 Å². The molecule has 2 aromatic rings. The third kappa shape index (κ3) is 7.08. The molecule has 1 atom stereocenters. The number of nitrogens with one attached hydrogen (secondary N) is 3. The number of aliphatic carboxylic acids is 1. The number of nitrogens with zero attached hydrogens (tertiary/aromatic N) is 2. The van der Waals surface area contributed by atoms with Crippen LogP contribution in [-0.2, 0) is 17.6 Å². The molecule has 0 aromatic carbocycles. The van der Waals surface area contributed by atoms with Crippen LogP contribution in [0.4, 0.5) is 5.82 Å². The van der Waals surface area contributed by atoms with Crippen molar-refractivity contribution in [2.45, 2.75) is 51.0 Å². The zero-order chi connectivity index (χ0) is 22.8. The van der Waals surface area contributed by atoms with Crippen molar-refractivity contribution in [3.63, 3.8) is 0 Å². The van der Waals surface area contributed by atoms with Crippen LogP contribution in [0, 0.1) is 5.41 Å². The van der Waals surface area contributed by atoms with Crippen LogP contribution in [-0.4, -0.2) is 40.4 Å². The number of aryl methyl sites for hydroxylation is 2. The number of hydrogen-bond acceptors (Lipinski definition) is 7. The largest absolute Gasteiger partial charge is 0.495 e. The van der Waals surface area contributed by atoms with E-state index in [1.165, 1.54) is 18.4 Å². The molecule has 0 saturated carbocycles. The number of anilines is 1. The lowest BCUT2D eigenvalue weighted by atomic mass is 10.1. The minimum atomic E-state index is -0.920. The van der Waals surface area contributed by atoms with E-state index in [0.29, 0.717) is 23.4 Å². The molecule has 170 valence electrons. The Balaban J connectivity index is 1.49. The summed E-state index contributed by atoms with van der Waals surface area (Å²) in [5, 5.41) is 23.9. The first kappa shape index (κ1) is 23.2. The SMILES string of the molecule is COc1cncc(C(CC(=O)O)N/C=C\C(=N)CCCc2ccc3c(n2)NCCCC3)c1. The molecule has 3 heterocycles. The van der Waals surface area contributed by atoms with Gasteiger partial charge < -0.3 is 25.9 Å². The van der Waals surface area contributed by atoms with Crippen molar-refractivity contribution in [3.05, 3.63) is 59.7 Å². The van der Waals surface area contributed by atoms with Gasteiger partial charge in [-0.05, 0) is 74.1 Å². The topological polar surface area (TPSA) is 120 Å². The Morgan fingerprint density at radius 3 is 3.06 bits per heavy atom. The molecule has 0 amide bonds. The summed E-state index contributed by atoms with van der Waals surface area (Å²) in [7, 11) is 1.54. The molecule has 1 aliphatic rings. The highest BCUT2D eigenvalue weighted by Crippen LogP contribution is 2.21. The highest BCUT2D eigenvalue weighted by molar-refractivity contribution is 5.92. The van der Waals surface area contributed by atoms with E-state index >= 15 is 0 Å². The third-order valence-electron chi connectivity index (χ3n) is 5.41. The molecule has 8 nitrogen and oxygen atoms in total. The maximum Gasteiger partial charge on any atom is 0.305 e. The van der Waals surface area contributed by atoms with Gasteiger partial charge in [0.25, 0.3) is 0 Å². The summed E-state index contributed by atoms with van der Waals surface area (Å²) in [6.45, 7) is 0.973. The van der Waals surface area contributed by atoms with Crippen LogP contribution in [0.25, 0.3) is 0 Å². The molecular formula is C24H31N5O3. The van der Waals surface area contributed by atoms with E-state index in [4.69, 9.17) is 15.1 Å². The zero-order valence-electron chi connectivity index (χ0n) is 18.4. The maximum atomic E-state index is 11.3. The minimum absolute atomic E-state index is 0.107. The zero-order valence-corrected chi connectivity index (χ0v) is 18.4. The van der Waals surface area contributed by atoms with Crippen molar-refractivity contribution < 1.29 is 14.6 Å². The predicted octanol–water partition coefficient (Wildman–Crippen LogP) is 3.90. The Bertz CT molecular complexity index is 960.